The van der Waals surface area contributed by atoms with E-state index in [2.05, 4.69) is 10.3 Å². The van der Waals surface area contributed by atoms with Crippen LogP contribution in [0.4, 0.5) is 4.79 Å². The zero-order valence-corrected chi connectivity index (χ0v) is 12.1. The number of aryl methyl sites for hydroxylation is 1. The number of nitrogens with one attached hydrogen (secondary N) is 1. The van der Waals surface area contributed by atoms with Crippen molar-refractivity contribution in [3.8, 4) is 0 Å². The Balaban J connectivity index is 2.28. The van der Waals surface area contributed by atoms with E-state index in [4.69, 9.17) is 4.74 Å². The zero-order valence-electron chi connectivity index (χ0n) is 12.1. The summed E-state index contributed by atoms with van der Waals surface area (Å²) in [4.78, 5) is 15.5. The normalized spacial score (nSPS) is 11.6. The lowest BCUT2D eigenvalue weighted by Gasteiger charge is -2.19. The third kappa shape index (κ3) is 6.60. The molecule has 0 saturated carbocycles. The van der Waals surface area contributed by atoms with Gasteiger partial charge >= 0.3 is 6.09 Å². The van der Waals surface area contributed by atoms with Gasteiger partial charge in [0.15, 0.2) is 0 Å². The summed E-state index contributed by atoms with van der Waals surface area (Å²) >= 11 is 0. The van der Waals surface area contributed by atoms with Crippen molar-refractivity contribution in [2.24, 2.45) is 0 Å². The van der Waals surface area contributed by atoms with E-state index in [1.807, 2.05) is 52.1 Å². The summed E-state index contributed by atoms with van der Waals surface area (Å²) in [6, 6.07) is 1.97. The van der Waals surface area contributed by atoms with Crippen LogP contribution in [0.1, 0.15) is 38.3 Å². The molecule has 1 aromatic rings. The Morgan fingerprint density at radius 1 is 1.47 bits per heavy atom. The maximum atomic E-state index is 11.4. The summed E-state index contributed by atoms with van der Waals surface area (Å²) in [5.74, 6) is 0. The molecule has 0 radical (unpaired) electrons. The Kier molecular flexibility index (Phi) is 5.55. The van der Waals surface area contributed by atoms with Gasteiger partial charge in [0.25, 0.3) is 0 Å². The van der Waals surface area contributed by atoms with Gasteiger partial charge in [0, 0.05) is 18.9 Å². The maximum absolute atomic E-state index is 11.4. The first kappa shape index (κ1) is 15.2. The molecule has 0 aliphatic rings. The summed E-state index contributed by atoms with van der Waals surface area (Å²) in [5.41, 5.74) is 1.83. The van der Waals surface area contributed by atoms with Gasteiger partial charge < -0.3 is 10.1 Å². The zero-order chi connectivity index (χ0) is 14.3. The first-order valence-electron chi connectivity index (χ1n) is 6.42. The molecule has 1 heterocycles. The van der Waals surface area contributed by atoms with Gasteiger partial charge in [-0.25, -0.2) is 4.79 Å². The van der Waals surface area contributed by atoms with Gasteiger partial charge in [0.05, 0.1) is 0 Å². The molecule has 4 heteroatoms. The fourth-order valence-corrected chi connectivity index (χ4v) is 1.43. The fourth-order valence-electron chi connectivity index (χ4n) is 1.43. The van der Waals surface area contributed by atoms with Crippen LogP contribution < -0.4 is 5.32 Å². The number of hydrogen-bond donors (Lipinski definition) is 1. The van der Waals surface area contributed by atoms with Crippen LogP contribution in [-0.4, -0.2) is 23.2 Å². The van der Waals surface area contributed by atoms with Crippen LogP contribution in [0.25, 0.3) is 6.08 Å². The van der Waals surface area contributed by atoms with E-state index in [1.54, 1.807) is 6.20 Å². The van der Waals surface area contributed by atoms with E-state index in [-0.39, 0.29) is 6.09 Å². The minimum absolute atomic E-state index is 0.376. The predicted molar refractivity (Wildman–Crippen MR) is 76.9 cm³/mol. The smallest absolute Gasteiger partial charge is 0.407 e. The van der Waals surface area contributed by atoms with Crippen molar-refractivity contribution in [3.05, 3.63) is 35.7 Å². The number of carbonyl (C=O) groups excluding carboxylic acids is 1. The van der Waals surface area contributed by atoms with Crippen LogP contribution in [0.2, 0.25) is 0 Å². The largest absolute Gasteiger partial charge is 0.444 e. The van der Waals surface area contributed by atoms with Crippen molar-refractivity contribution in [2.75, 3.05) is 6.54 Å². The van der Waals surface area contributed by atoms with E-state index in [0.29, 0.717) is 6.54 Å². The molecule has 0 fully saturated rings. The molecule has 0 spiro atoms. The van der Waals surface area contributed by atoms with Crippen LogP contribution in [0.3, 0.4) is 0 Å². The molecular weight excluding hydrogens is 240 g/mol. The number of hydrogen-bond acceptors (Lipinski definition) is 3. The summed E-state index contributed by atoms with van der Waals surface area (Å²) < 4.78 is 5.14. The van der Waals surface area contributed by atoms with Crippen molar-refractivity contribution in [1.82, 2.24) is 10.3 Å². The number of ether oxygens (including phenoxy) is 1. The van der Waals surface area contributed by atoms with Gasteiger partial charge in [0.2, 0.25) is 0 Å². The van der Waals surface area contributed by atoms with Crippen molar-refractivity contribution >= 4 is 12.2 Å². The third-order valence-corrected chi connectivity index (χ3v) is 2.36. The molecule has 0 aliphatic carbocycles. The standard InChI is InChI=1S/C15H22N2O2/c1-12-8-10-16-11-13(12)7-5-6-9-17-14(18)19-15(2,3)4/h5,7-8,10-11H,6,9H2,1-4H3,(H,17,18). The number of carbonyl (C=O) groups is 1. The van der Waals surface area contributed by atoms with Crippen LogP contribution in [0, 0.1) is 6.92 Å². The lowest BCUT2D eigenvalue weighted by Crippen LogP contribution is -2.32. The lowest BCUT2D eigenvalue weighted by atomic mass is 10.1. The molecule has 0 aromatic carbocycles. The Hall–Kier alpha value is -1.84. The van der Waals surface area contributed by atoms with E-state index < -0.39 is 5.60 Å². The highest BCUT2D eigenvalue weighted by Gasteiger charge is 2.15. The topological polar surface area (TPSA) is 51.2 Å². The Bertz CT molecular complexity index is 448. The lowest BCUT2D eigenvalue weighted by molar-refractivity contribution is 0.0529. The fraction of sp³-hybridized carbons (Fsp3) is 0.467. The van der Waals surface area contributed by atoms with E-state index in [9.17, 15) is 4.79 Å². The highest BCUT2D eigenvalue weighted by molar-refractivity contribution is 5.67. The first-order valence-corrected chi connectivity index (χ1v) is 6.42. The number of pyridine rings is 1. The number of aromatic nitrogens is 1. The molecule has 1 amide bonds. The first-order chi connectivity index (χ1) is 8.88. The SMILES string of the molecule is Cc1ccncc1C=CCCNC(=O)OC(C)(C)C. The van der Waals surface area contributed by atoms with Crippen molar-refractivity contribution in [3.63, 3.8) is 0 Å². The number of rotatable bonds is 4. The third-order valence-electron chi connectivity index (χ3n) is 2.36. The molecule has 4 nitrogen and oxygen atoms in total. The molecule has 0 aliphatic heterocycles. The molecule has 0 atom stereocenters. The molecule has 1 aromatic heterocycles. The van der Waals surface area contributed by atoms with E-state index in [0.717, 1.165) is 12.0 Å². The summed E-state index contributed by atoms with van der Waals surface area (Å²) in [5, 5.41) is 2.71. The van der Waals surface area contributed by atoms with Crippen LogP contribution in [-0.2, 0) is 4.74 Å². The Labute approximate surface area is 114 Å². The number of alkyl carbamates (subject to hydrolysis) is 1. The highest BCUT2D eigenvalue weighted by atomic mass is 16.6. The summed E-state index contributed by atoms with van der Waals surface area (Å²) in [6.07, 6.45) is 8.01. The molecule has 0 unspecified atom stereocenters. The molecule has 0 bridgehead atoms. The van der Waals surface area contributed by atoms with Crippen LogP contribution in [0.5, 0.6) is 0 Å². The van der Waals surface area contributed by atoms with E-state index in [1.165, 1.54) is 5.56 Å². The molecular formula is C15H22N2O2. The Morgan fingerprint density at radius 2 is 2.21 bits per heavy atom. The second-order valence-corrected chi connectivity index (χ2v) is 5.35. The summed E-state index contributed by atoms with van der Waals surface area (Å²) in [6.45, 7) is 8.14. The van der Waals surface area contributed by atoms with E-state index >= 15 is 0 Å². The average molecular weight is 262 g/mol. The quantitative estimate of drug-likeness (QED) is 0.847. The van der Waals surface area contributed by atoms with Crippen LogP contribution >= 0.6 is 0 Å². The van der Waals surface area contributed by atoms with Crippen molar-refractivity contribution < 1.29 is 9.53 Å². The van der Waals surface area contributed by atoms with Gasteiger partial charge in [-0.3, -0.25) is 4.98 Å². The van der Waals surface area contributed by atoms with Gasteiger partial charge in [0.1, 0.15) is 5.60 Å². The summed E-state index contributed by atoms with van der Waals surface area (Å²) in [7, 11) is 0. The maximum Gasteiger partial charge on any atom is 0.407 e. The highest BCUT2D eigenvalue weighted by Crippen LogP contribution is 2.08. The van der Waals surface area contributed by atoms with Gasteiger partial charge in [-0.2, -0.15) is 0 Å². The van der Waals surface area contributed by atoms with Gasteiger partial charge in [-0.15, -0.1) is 0 Å². The molecule has 0 saturated heterocycles. The van der Waals surface area contributed by atoms with Crippen LogP contribution in [0.15, 0.2) is 24.5 Å². The number of nitrogens with zero attached hydrogens (tertiary/aromatic N) is 1. The second-order valence-electron chi connectivity index (χ2n) is 5.35. The average Bonchev–Trinajstić information content (AvgIpc) is 2.28. The van der Waals surface area contributed by atoms with Gasteiger partial charge in [-0.1, -0.05) is 12.2 Å². The van der Waals surface area contributed by atoms with Gasteiger partial charge in [-0.05, 0) is 51.3 Å². The molecule has 1 rings (SSSR count). The monoisotopic (exact) mass is 262 g/mol. The minimum Gasteiger partial charge on any atom is -0.444 e. The Morgan fingerprint density at radius 3 is 2.84 bits per heavy atom. The minimum atomic E-state index is -0.452. The molecule has 1 N–H and O–H groups in total. The molecule has 19 heavy (non-hydrogen) atoms. The van der Waals surface area contributed by atoms with Crippen molar-refractivity contribution in [2.45, 2.75) is 39.7 Å². The molecule has 104 valence electrons. The number of amides is 1. The predicted octanol–water partition coefficient (Wildman–Crippen LogP) is 3.32. The van der Waals surface area contributed by atoms with Crippen molar-refractivity contribution in [1.29, 1.82) is 0 Å². The second kappa shape index (κ2) is 6.92.